The van der Waals surface area contributed by atoms with Gasteiger partial charge in [0.2, 0.25) is 5.91 Å². The van der Waals surface area contributed by atoms with E-state index in [1.165, 1.54) is 0 Å². The van der Waals surface area contributed by atoms with Gasteiger partial charge >= 0.3 is 0 Å². The first-order valence-corrected chi connectivity index (χ1v) is 5.42. The highest BCUT2D eigenvalue weighted by atomic mass is 16.5. The number of amides is 1. The molecule has 0 spiro atoms. The highest BCUT2D eigenvalue weighted by Gasteiger charge is 2.13. The highest BCUT2D eigenvalue weighted by Crippen LogP contribution is 2.00. The normalized spacial score (nSPS) is 11.8. The molecule has 0 aromatic heterocycles. The third-order valence-corrected chi connectivity index (χ3v) is 2.21. The second kappa shape index (κ2) is 9.47. The molecule has 0 aromatic rings. The van der Waals surface area contributed by atoms with Crippen LogP contribution in [-0.4, -0.2) is 26.2 Å². The van der Waals surface area contributed by atoms with Crippen LogP contribution >= 0.6 is 0 Å². The van der Waals surface area contributed by atoms with Crippen molar-refractivity contribution in [3.05, 3.63) is 0 Å². The second-order valence-corrected chi connectivity index (χ2v) is 3.43. The maximum Gasteiger partial charge on any atom is 0.237 e. The minimum atomic E-state index is -0.496. The number of hydrogen-bond acceptors (Lipinski definition) is 3. The Balaban J connectivity index is 3.43. The molecule has 0 aliphatic carbocycles. The van der Waals surface area contributed by atoms with Crippen LogP contribution in [0.1, 0.15) is 32.6 Å². The fourth-order valence-electron chi connectivity index (χ4n) is 1.22. The highest BCUT2D eigenvalue weighted by molar-refractivity contribution is 5.80. The van der Waals surface area contributed by atoms with E-state index in [0.717, 1.165) is 25.9 Å². The fourth-order valence-corrected chi connectivity index (χ4v) is 1.22. The van der Waals surface area contributed by atoms with E-state index in [2.05, 4.69) is 5.32 Å². The Morgan fingerprint density at radius 1 is 1.47 bits per heavy atom. The van der Waals surface area contributed by atoms with Crippen molar-refractivity contribution in [2.45, 2.75) is 32.6 Å². The molecule has 4 nitrogen and oxygen atoms in total. The Labute approximate surface area is 91.6 Å². The van der Waals surface area contributed by atoms with Crippen LogP contribution in [0.5, 0.6) is 0 Å². The summed E-state index contributed by atoms with van der Waals surface area (Å²) in [4.78, 5) is 11.3. The molecular formula is C11H20N2O2. The summed E-state index contributed by atoms with van der Waals surface area (Å²) in [6, 6.07) is 1.98. The van der Waals surface area contributed by atoms with Crippen molar-refractivity contribution in [2.75, 3.05) is 20.3 Å². The number of unbranched alkanes of at least 4 members (excludes halogenated alkanes) is 2. The molecule has 0 fully saturated rings. The zero-order valence-corrected chi connectivity index (χ0v) is 9.58. The van der Waals surface area contributed by atoms with Crippen molar-refractivity contribution in [1.82, 2.24) is 5.32 Å². The van der Waals surface area contributed by atoms with Crippen molar-refractivity contribution in [3.63, 3.8) is 0 Å². The number of carbonyl (C=O) groups excluding carboxylic acids is 1. The lowest BCUT2D eigenvalue weighted by atomic mass is 10.1. The SMILES string of the molecule is CCC(C#N)C(=O)NCCCCCOC. The third-order valence-electron chi connectivity index (χ3n) is 2.21. The molecular weight excluding hydrogens is 192 g/mol. The molecule has 0 saturated heterocycles. The first-order chi connectivity index (χ1) is 7.26. The Kier molecular flexibility index (Phi) is 8.79. The van der Waals surface area contributed by atoms with Crippen molar-refractivity contribution >= 4 is 5.91 Å². The summed E-state index contributed by atoms with van der Waals surface area (Å²) in [6.07, 6.45) is 3.57. The molecule has 0 bridgehead atoms. The van der Waals surface area contributed by atoms with Crippen LogP contribution in [0.3, 0.4) is 0 Å². The number of nitriles is 1. The summed E-state index contributed by atoms with van der Waals surface area (Å²) in [5, 5.41) is 11.4. The maximum absolute atomic E-state index is 11.3. The van der Waals surface area contributed by atoms with Crippen LogP contribution in [-0.2, 0) is 9.53 Å². The number of methoxy groups -OCH3 is 1. The number of hydrogen-bond donors (Lipinski definition) is 1. The van der Waals surface area contributed by atoms with Crippen molar-refractivity contribution in [3.8, 4) is 6.07 Å². The maximum atomic E-state index is 11.3. The molecule has 1 N–H and O–H groups in total. The van der Waals surface area contributed by atoms with E-state index in [4.69, 9.17) is 10.00 Å². The minimum Gasteiger partial charge on any atom is -0.385 e. The van der Waals surface area contributed by atoms with E-state index >= 15 is 0 Å². The van der Waals surface area contributed by atoms with Crippen molar-refractivity contribution in [1.29, 1.82) is 5.26 Å². The molecule has 1 atom stereocenters. The number of rotatable bonds is 8. The van der Waals surface area contributed by atoms with Gasteiger partial charge in [0.25, 0.3) is 0 Å². The molecule has 0 radical (unpaired) electrons. The Morgan fingerprint density at radius 3 is 2.73 bits per heavy atom. The monoisotopic (exact) mass is 212 g/mol. The largest absolute Gasteiger partial charge is 0.385 e. The Hall–Kier alpha value is -1.08. The quantitative estimate of drug-likeness (QED) is 0.620. The molecule has 86 valence electrons. The standard InChI is InChI=1S/C11H20N2O2/c1-3-10(9-12)11(14)13-7-5-4-6-8-15-2/h10H,3-8H2,1-2H3,(H,13,14). The smallest absolute Gasteiger partial charge is 0.237 e. The molecule has 15 heavy (non-hydrogen) atoms. The number of ether oxygens (including phenoxy) is 1. The van der Waals surface area contributed by atoms with Gasteiger partial charge in [0.05, 0.1) is 6.07 Å². The van der Waals surface area contributed by atoms with Gasteiger partial charge in [0.1, 0.15) is 5.92 Å². The number of nitrogens with zero attached hydrogens (tertiary/aromatic N) is 1. The zero-order chi connectivity index (χ0) is 11.5. The minimum absolute atomic E-state index is 0.147. The van der Waals surface area contributed by atoms with Gasteiger partial charge in [0, 0.05) is 20.3 Å². The first kappa shape index (κ1) is 13.9. The van der Waals surface area contributed by atoms with Crippen LogP contribution in [0.25, 0.3) is 0 Å². The molecule has 0 aromatic carbocycles. The van der Waals surface area contributed by atoms with E-state index in [-0.39, 0.29) is 5.91 Å². The molecule has 0 rings (SSSR count). The average Bonchev–Trinajstić information content (AvgIpc) is 2.25. The van der Waals surface area contributed by atoms with Gasteiger partial charge in [-0.05, 0) is 25.7 Å². The van der Waals surface area contributed by atoms with Gasteiger partial charge in [-0.25, -0.2) is 0 Å². The van der Waals surface area contributed by atoms with Crippen molar-refractivity contribution in [2.24, 2.45) is 5.92 Å². The van der Waals surface area contributed by atoms with E-state index in [9.17, 15) is 4.79 Å². The lowest BCUT2D eigenvalue weighted by molar-refractivity contribution is -0.123. The number of carbonyl (C=O) groups is 1. The first-order valence-electron chi connectivity index (χ1n) is 5.42. The lowest BCUT2D eigenvalue weighted by Gasteiger charge is -2.07. The van der Waals surface area contributed by atoms with Crippen LogP contribution in [0, 0.1) is 17.2 Å². The summed E-state index contributed by atoms with van der Waals surface area (Å²) >= 11 is 0. The van der Waals surface area contributed by atoms with E-state index in [1.807, 2.05) is 13.0 Å². The average molecular weight is 212 g/mol. The van der Waals surface area contributed by atoms with E-state index < -0.39 is 5.92 Å². The fraction of sp³-hybridized carbons (Fsp3) is 0.818. The predicted octanol–water partition coefficient (Wildman–Crippen LogP) is 1.47. The summed E-state index contributed by atoms with van der Waals surface area (Å²) in [5.41, 5.74) is 0. The molecule has 0 saturated carbocycles. The molecule has 0 aliphatic heterocycles. The molecule has 1 unspecified atom stereocenters. The Bertz CT molecular complexity index is 211. The number of nitrogens with one attached hydrogen (secondary N) is 1. The van der Waals surface area contributed by atoms with Gasteiger partial charge in [-0.3, -0.25) is 4.79 Å². The van der Waals surface area contributed by atoms with Crippen LogP contribution in [0.4, 0.5) is 0 Å². The van der Waals surface area contributed by atoms with Crippen molar-refractivity contribution < 1.29 is 9.53 Å². The summed E-state index contributed by atoms with van der Waals surface area (Å²) in [7, 11) is 1.68. The van der Waals surface area contributed by atoms with E-state index in [0.29, 0.717) is 13.0 Å². The van der Waals surface area contributed by atoms with Gasteiger partial charge < -0.3 is 10.1 Å². The Morgan fingerprint density at radius 2 is 2.20 bits per heavy atom. The van der Waals surface area contributed by atoms with Crippen LogP contribution in [0.2, 0.25) is 0 Å². The van der Waals surface area contributed by atoms with E-state index in [1.54, 1.807) is 7.11 Å². The van der Waals surface area contributed by atoms with Crippen LogP contribution < -0.4 is 5.32 Å². The molecule has 0 heterocycles. The van der Waals surface area contributed by atoms with Gasteiger partial charge in [-0.15, -0.1) is 0 Å². The topological polar surface area (TPSA) is 62.1 Å². The second-order valence-electron chi connectivity index (χ2n) is 3.43. The third kappa shape index (κ3) is 6.92. The molecule has 0 aliphatic rings. The molecule has 1 amide bonds. The predicted molar refractivity (Wildman–Crippen MR) is 58.1 cm³/mol. The summed E-state index contributed by atoms with van der Waals surface area (Å²) in [5.74, 6) is -0.643. The summed E-state index contributed by atoms with van der Waals surface area (Å²) < 4.78 is 4.91. The zero-order valence-electron chi connectivity index (χ0n) is 9.58. The van der Waals surface area contributed by atoms with Gasteiger partial charge in [-0.1, -0.05) is 6.92 Å². The lowest BCUT2D eigenvalue weighted by Crippen LogP contribution is -2.30. The van der Waals surface area contributed by atoms with Crippen LogP contribution in [0.15, 0.2) is 0 Å². The summed E-state index contributed by atoms with van der Waals surface area (Å²) in [6.45, 7) is 3.26. The van der Waals surface area contributed by atoms with Gasteiger partial charge in [0.15, 0.2) is 0 Å². The van der Waals surface area contributed by atoms with Gasteiger partial charge in [-0.2, -0.15) is 5.26 Å². The molecule has 4 heteroatoms.